The Labute approximate surface area is 324 Å². The van der Waals surface area contributed by atoms with Crippen molar-refractivity contribution < 1.29 is 52.4 Å². The summed E-state index contributed by atoms with van der Waals surface area (Å²) in [7, 11) is 0. The normalized spacial score (nSPS) is 10.7. The van der Waals surface area contributed by atoms with Crippen LogP contribution in [0.4, 0.5) is 0 Å². The van der Waals surface area contributed by atoms with E-state index in [0.29, 0.717) is 30.3 Å². The van der Waals surface area contributed by atoms with Crippen molar-refractivity contribution in [1.29, 1.82) is 0 Å². The van der Waals surface area contributed by atoms with Gasteiger partial charge in [0.15, 0.2) is 5.78 Å². The number of carbonyl (C=O) groups excluding carboxylic acids is 5. The summed E-state index contributed by atoms with van der Waals surface area (Å²) < 4.78 is 32.8. The molecule has 0 saturated heterocycles. The summed E-state index contributed by atoms with van der Waals surface area (Å²) in [4.78, 5) is 61.7. The van der Waals surface area contributed by atoms with Crippen molar-refractivity contribution in [3.8, 4) is 23.0 Å². The molecule has 0 aliphatic carbocycles. The average Bonchev–Trinajstić information content (AvgIpc) is 3.22. The third-order valence-electron chi connectivity index (χ3n) is 8.56. The molecule has 0 heterocycles. The van der Waals surface area contributed by atoms with Crippen LogP contribution in [0.25, 0.3) is 21.5 Å². The molecule has 0 bridgehead atoms. The molecule has 0 aliphatic heterocycles. The maximum Gasteiger partial charge on any atom is 0.343 e. The number of hydrogen-bond acceptors (Lipinski definition) is 11. The van der Waals surface area contributed by atoms with Gasteiger partial charge in [-0.3, -0.25) is 4.79 Å². The summed E-state index contributed by atoms with van der Waals surface area (Å²) in [6.07, 6.45) is 5.87. The monoisotopic (exact) mass is 758 g/mol. The highest BCUT2D eigenvalue weighted by Gasteiger charge is 2.19. The van der Waals surface area contributed by atoms with Crippen LogP contribution in [0.1, 0.15) is 70.1 Å². The molecule has 0 radical (unpaired) electrons. The van der Waals surface area contributed by atoms with E-state index in [9.17, 15) is 24.0 Å². The Kier molecular flexibility index (Phi) is 14.5. The van der Waals surface area contributed by atoms with E-state index < -0.39 is 23.9 Å². The summed E-state index contributed by atoms with van der Waals surface area (Å²) in [5, 5.41) is 3.26. The molecular weight excluding hydrogens is 716 g/mol. The molecule has 0 atom stereocenters. The van der Waals surface area contributed by atoms with E-state index in [1.165, 1.54) is 18.2 Å². The van der Waals surface area contributed by atoms with E-state index in [1.807, 2.05) is 24.3 Å². The largest absolute Gasteiger partial charge is 0.494 e. The molecule has 0 amide bonds. The molecule has 5 rings (SSSR count). The zero-order valence-corrected chi connectivity index (χ0v) is 31.1. The summed E-state index contributed by atoms with van der Waals surface area (Å²) >= 11 is 0. The van der Waals surface area contributed by atoms with Crippen molar-refractivity contribution >= 4 is 51.2 Å². The summed E-state index contributed by atoms with van der Waals surface area (Å²) in [5.74, 6) is -1.09. The quantitative estimate of drug-likeness (QED) is 0.0247. The first-order valence-electron chi connectivity index (χ1n) is 18.2. The van der Waals surface area contributed by atoms with Crippen LogP contribution in [0.5, 0.6) is 23.0 Å². The maximum absolute atomic E-state index is 13.2. The van der Waals surface area contributed by atoms with Crippen molar-refractivity contribution in [2.45, 2.75) is 39.0 Å². The van der Waals surface area contributed by atoms with Gasteiger partial charge in [0, 0.05) is 18.6 Å². The van der Waals surface area contributed by atoms with Crippen molar-refractivity contribution in [3.05, 3.63) is 133 Å². The summed E-state index contributed by atoms with van der Waals surface area (Å²) in [6, 6.07) is 25.4. The Morgan fingerprint density at radius 2 is 1.02 bits per heavy atom. The maximum atomic E-state index is 13.2. The van der Waals surface area contributed by atoms with Gasteiger partial charge in [-0.2, -0.15) is 0 Å². The van der Waals surface area contributed by atoms with Crippen LogP contribution in [-0.4, -0.2) is 56.1 Å². The predicted octanol–water partition coefficient (Wildman–Crippen LogP) is 8.80. The van der Waals surface area contributed by atoms with E-state index in [-0.39, 0.29) is 48.0 Å². The second kappa shape index (κ2) is 20.1. The number of fused-ring (bicyclic) bond motifs is 2. The Balaban J connectivity index is 1.17. The molecule has 0 N–H and O–H groups in total. The molecule has 11 nitrogen and oxygen atoms in total. The van der Waals surface area contributed by atoms with Crippen LogP contribution >= 0.6 is 0 Å². The van der Waals surface area contributed by atoms with Crippen molar-refractivity contribution in [2.24, 2.45) is 0 Å². The number of esters is 4. The van der Waals surface area contributed by atoms with E-state index in [4.69, 9.17) is 28.4 Å². The average molecular weight is 759 g/mol. The Hall–Kier alpha value is -6.75. The number of ether oxygens (including phenoxy) is 6. The Bertz CT molecular complexity index is 2250. The third-order valence-corrected chi connectivity index (χ3v) is 8.56. The molecule has 0 aliphatic rings. The van der Waals surface area contributed by atoms with E-state index >= 15 is 0 Å². The smallest absolute Gasteiger partial charge is 0.343 e. The van der Waals surface area contributed by atoms with Crippen LogP contribution in [0.3, 0.4) is 0 Å². The molecule has 56 heavy (non-hydrogen) atoms. The fourth-order valence-corrected chi connectivity index (χ4v) is 5.62. The molecule has 0 fully saturated rings. The van der Waals surface area contributed by atoms with Gasteiger partial charge in [-0.05, 0) is 114 Å². The molecule has 5 aromatic rings. The van der Waals surface area contributed by atoms with Crippen LogP contribution in [0.15, 0.2) is 116 Å². The molecule has 0 spiro atoms. The van der Waals surface area contributed by atoms with E-state index in [1.54, 1.807) is 55.5 Å². The molecule has 5 aromatic carbocycles. The van der Waals surface area contributed by atoms with Gasteiger partial charge in [0.1, 0.15) is 36.2 Å². The second-order valence-electron chi connectivity index (χ2n) is 12.5. The van der Waals surface area contributed by atoms with Crippen molar-refractivity contribution in [2.75, 3.05) is 26.4 Å². The molecule has 0 saturated carbocycles. The van der Waals surface area contributed by atoms with Gasteiger partial charge < -0.3 is 28.4 Å². The first-order valence-corrected chi connectivity index (χ1v) is 18.2. The number of carbonyl (C=O) groups is 5. The highest BCUT2D eigenvalue weighted by atomic mass is 16.6. The van der Waals surface area contributed by atoms with Gasteiger partial charge in [-0.15, -0.1) is 0 Å². The minimum absolute atomic E-state index is 0.0397. The summed E-state index contributed by atoms with van der Waals surface area (Å²) in [5.41, 5.74) is 0.681. The first kappa shape index (κ1) is 40.4. The lowest BCUT2D eigenvalue weighted by Gasteiger charge is -2.12. The Morgan fingerprint density at radius 3 is 1.61 bits per heavy atom. The van der Waals surface area contributed by atoms with Gasteiger partial charge in [-0.1, -0.05) is 44.3 Å². The first-order chi connectivity index (χ1) is 27.2. The van der Waals surface area contributed by atoms with Gasteiger partial charge >= 0.3 is 23.9 Å². The third kappa shape index (κ3) is 11.4. The van der Waals surface area contributed by atoms with Gasteiger partial charge in [0.05, 0.1) is 29.9 Å². The molecule has 0 aromatic heterocycles. The summed E-state index contributed by atoms with van der Waals surface area (Å²) in [6.45, 7) is 9.57. The highest BCUT2D eigenvalue weighted by molar-refractivity contribution is 6.02. The topological polar surface area (TPSA) is 141 Å². The lowest BCUT2D eigenvalue weighted by Crippen LogP contribution is -2.13. The molecule has 288 valence electrons. The van der Waals surface area contributed by atoms with Crippen molar-refractivity contribution in [1.82, 2.24) is 0 Å². The van der Waals surface area contributed by atoms with Crippen LogP contribution < -0.4 is 18.9 Å². The Morgan fingerprint density at radius 1 is 0.518 bits per heavy atom. The molecule has 11 heteroatoms. The number of Topliss-reactive ketones (excluding diaryl/α,β-unsaturated/α-hetero) is 1. The lowest BCUT2D eigenvalue weighted by atomic mass is 10.1. The SMILES string of the molecule is C=CC(=O)OCCCCCCOc1ccc2cc(C(=O)Oc3ccc(OC(=O)c4ccc5cc(OCCOC(=O)C=C)ccc5c4)c(C(=O)CC)c3)ccc2c1. The van der Waals surface area contributed by atoms with Crippen LogP contribution in [0.2, 0.25) is 0 Å². The second-order valence-corrected chi connectivity index (χ2v) is 12.5. The number of benzene rings is 5. The fraction of sp³-hybridized carbons (Fsp3) is 0.222. The minimum atomic E-state index is -0.670. The van der Waals surface area contributed by atoms with Gasteiger partial charge in [-0.25, -0.2) is 19.2 Å². The number of rotatable bonds is 20. The van der Waals surface area contributed by atoms with Gasteiger partial charge in [0.2, 0.25) is 0 Å². The highest BCUT2D eigenvalue weighted by Crippen LogP contribution is 2.29. The predicted molar refractivity (Wildman–Crippen MR) is 211 cm³/mol. The lowest BCUT2D eigenvalue weighted by molar-refractivity contribution is -0.139. The number of ketones is 1. The number of unbranched alkanes of at least 4 members (excludes halogenated alkanes) is 3. The number of hydrogen-bond donors (Lipinski definition) is 0. The van der Waals surface area contributed by atoms with E-state index in [0.717, 1.165) is 59.4 Å². The standard InChI is InChI=1S/C45H42O11/c1-4-40(46)39-29-38(19-20-41(39)56-45(50)35-14-12-33-28-37(18-16-31(33)26-35)52-23-24-54-43(48)6-3)55-44(49)34-13-11-32-27-36(17-15-30(32)25-34)51-21-9-7-8-10-22-53-42(47)5-2/h5-6,11-20,25-29H,2-4,7-10,21-24H2,1H3. The zero-order valence-electron chi connectivity index (χ0n) is 31.1. The molecule has 0 unspecified atom stereocenters. The van der Waals surface area contributed by atoms with E-state index in [2.05, 4.69) is 13.2 Å². The molecular formula is C45H42O11. The van der Waals surface area contributed by atoms with Crippen molar-refractivity contribution in [3.63, 3.8) is 0 Å². The van der Waals surface area contributed by atoms with Crippen LogP contribution in [-0.2, 0) is 19.1 Å². The fourth-order valence-electron chi connectivity index (χ4n) is 5.62. The van der Waals surface area contributed by atoms with Gasteiger partial charge in [0.25, 0.3) is 0 Å². The minimum Gasteiger partial charge on any atom is -0.494 e. The zero-order chi connectivity index (χ0) is 39.9. The van der Waals surface area contributed by atoms with Crippen LogP contribution in [0, 0.1) is 0 Å².